The number of aryl methyl sites for hydroxylation is 1. The van der Waals surface area contributed by atoms with Crippen LogP contribution >= 0.6 is 0 Å². The maximum Gasteiger partial charge on any atom is 0.121 e. The zero-order valence-corrected chi connectivity index (χ0v) is 45.0. The zero-order chi connectivity index (χ0) is 50.9. The Labute approximate surface area is 431 Å². The van der Waals surface area contributed by atoms with Gasteiger partial charge in [-0.3, -0.25) is 15.0 Å². The molecule has 11 rings (SSSR count). The van der Waals surface area contributed by atoms with E-state index in [2.05, 4.69) is 189 Å². The van der Waals surface area contributed by atoms with E-state index in [4.69, 9.17) is 13.5 Å². The summed E-state index contributed by atoms with van der Waals surface area (Å²) in [4.78, 5) is 14.0. The van der Waals surface area contributed by atoms with E-state index in [0.29, 0.717) is 11.5 Å². The molecule has 0 fully saturated rings. The van der Waals surface area contributed by atoms with Crippen LogP contribution in [0, 0.1) is 19.0 Å². The molecular formula is C63H60IrN4OSi-2. The van der Waals surface area contributed by atoms with E-state index in [0.717, 1.165) is 49.9 Å². The van der Waals surface area contributed by atoms with E-state index in [1.54, 1.807) is 6.07 Å². The Kier molecular flexibility index (Phi) is 12.1. The molecule has 0 saturated heterocycles. The fourth-order valence-electron chi connectivity index (χ4n) is 9.57. The van der Waals surface area contributed by atoms with Gasteiger partial charge >= 0.3 is 0 Å². The number of nitrogens with zero attached hydrogens (tertiary/aromatic N) is 4. The van der Waals surface area contributed by atoms with Crippen molar-refractivity contribution in [3.63, 3.8) is 0 Å². The summed E-state index contributed by atoms with van der Waals surface area (Å²) in [5.41, 5.74) is 12.0. The van der Waals surface area contributed by atoms with Gasteiger partial charge in [0.2, 0.25) is 0 Å². The average Bonchev–Trinajstić information content (AvgIpc) is 3.93. The second kappa shape index (κ2) is 19.0. The molecular weight excluding hydrogens is 1050 g/mol. The summed E-state index contributed by atoms with van der Waals surface area (Å²) in [5, 5.41) is 8.64. The summed E-state index contributed by atoms with van der Waals surface area (Å²) in [5.74, 6) is 1.90. The van der Waals surface area contributed by atoms with Gasteiger partial charge in [0, 0.05) is 52.6 Å². The molecule has 8 aromatic carbocycles. The number of fused-ring (bicyclic) bond motifs is 7. The fraction of sp³-hybridized carbons (Fsp3) is 0.222. The van der Waals surface area contributed by atoms with E-state index in [-0.39, 0.29) is 42.9 Å². The number of rotatable bonds is 7. The van der Waals surface area contributed by atoms with Crippen molar-refractivity contribution in [3.8, 4) is 39.6 Å². The van der Waals surface area contributed by atoms with Crippen LogP contribution in [0.4, 0.5) is 0 Å². The number of hydrogen-bond donors (Lipinski definition) is 0. The van der Waals surface area contributed by atoms with Crippen molar-refractivity contribution in [2.75, 3.05) is 0 Å². The number of benzene rings is 8. The Balaban J connectivity index is 0.000000264. The number of aromatic nitrogens is 4. The summed E-state index contributed by atoms with van der Waals surface area (Å²) in [6.07, 6.45) is 1.41. The first-order valence-corrected chi connectivity index (χ1v) is 27.6. The summed E-state index contributed by atoms with van der Waals surface area (Å²) < 4.78 is 32.2. The van der Waals surface area contributed by atoms with Gasteiger partial charge in [0.15, 0.2) is 0 Å². The molecule has 353 valence electrons. The molecule has 70 heavy (non-hydrogen) atoms. The van der Waals surface area contributed by atoms with Gasteiger partial charge in [-0.2, -0.15) is 0 Å². The van der Waals surface area contributed by atoms with Gasteiger partial charge in [-0.05, 0) is 104 Å². The van der Waals surface area contributed by atoms with Gasteiger partial charge in [0.25, 0.3) is 0 Å². The van der Waals surface area contributed by atoms with Gasteiger partial charge in [-0.1, -0.05) is 157 Å². The van der Waals surface area contributed by atoms with Crippen LogP contribution in [0.5, 0.6) is 0 Å². The third kappa shape index (κ3) is 9.07. The molecule has 0 atom stereocenters. The predicted octanol–water partition coefficient (Wildman–Crippen LogP) is 16.7. The topological polar surface area (TPSA) is 56.7 Å². The minimum atomic E-state index is -2.21. The minimum Gasteiger partial charge on any atom is -0.501 e. The van der Waals surface area contributed by atoms with Crippen LogP contribution in [0.1, 0.15) is 86.8 Å². The SMILES string of the molecule is CC(C)c1cc(-c2ccccc2)cc(C(C)C)c1-n1c(-c2[c-]ccc3c2oc2cc4c(ccc5ccc([Si](C)(C)C)cc54)cc23)nc2ccccc21.[2H]C([2H])([2H])c1cnc(-c2[c-]cccc2)nc1C(C)(C)C.[Ir]. The van der Waals surface area contributed by atoms with E-state index < -0.39 is 14.9 Å². The Hall–Kier alpha value is -6.50. The van der Waals surface area contributed by atoms with Crippen molar-refractivity contribution in [2.24, 2.45) is 0 Å². The van der Waals surface area contributed by atoms with Crippen LogP contribution in [0.2, 0.25) is 19.6 Å². The van der Waals surface area contributed by atoms with Crippen LogP contribution in [-0.2, 0) is 25.5 Å². The molecule has 0 aliphatic rings. The monoisotopic (exact) mass is 1110 g/mol. The zero-order valence-electron chi connectivity index (χ0n) is 44.6. The van der Waals surface area contributed by atoms with Crippen molar-refractivity contribution in [2.45, 2.75) is 92.2 Å². The summed E-state index contributed by atoms with van der Waals surface area (Å²) in [7, 11) is -1.49. The molecule has 7 heteroatoms. The smallest absolute Gasteiger partial charge is 0.121 e. The van der Waals surface area contributed by atoms with E-state index in [1.165, 1.54) is 60.9 Å². The van der Waals surface area contributed by atoms with Crippen LogP contribution < -0.4 is 5.19 Å². The van der Waals surface area contributed by atoms with Gasteiger partial charge < -0.3 is 8.98 Å². The quantitative estimate of drug-likeness (QED) is 0.0906. The third-order valence-electron chi connectivity index (χ3n) is 13.2. The number of para-hydroxylation sites is 2. The Bertz CT molecular complexity index is 3800. The molecule has 1 radical (unpaired) electrons. The summed E-state index contributed by atoms with van der Waals surface area (Å²) >= 11 is 0. The fourth-order valence-corrected chi connectivity index (χ4v) is 10.7. The van der Waals surface area contributed by atoms with E-state index in [9.17, 15) is 0 Å². The first-order valence-electron chi connectivity index (χ1n) is 25.6. The van der Waals surface area contributed by atoms with E-state index in [1.807, 2.05) is 45.0 Å². The molecule has 5 nitrogen and oxygen atoms in total. The molecule has 0 N–H and O–H groups in total. The van der Waals surface area contributed by atoms with Crippen LogP contribution in [0.25, 0.3) is 94.1 Å². The molecule has 0 saturated carbocycles. The second-order valence-corrected chi connectivity index (χ2v) is 26.0. The summed E-state index contributed by atoms with van der Waals surface area (Å²) in [6, 6.07) is 58.3. The third-order valence-corrected chi connectivity index (χ3v) is 15.3. The van der Waals surface area contributed by atoms with E-state index >= 15 is 0 Å². The Morgan fingerprint density at radius 3 is 2.03 bits per heavy atom. The predicted molar refractivity (Wildman–Crippen MR) is 294 cm³/mol. The maximum atomic E-state index is 7.61. The van der Waals surface area contributed by atoms with Crippen LogP contribution in [-0.4, -0.2) is 27.6 Å². The van der Waals surface area contributed by atoms with Crippen LogP contribution in [0.3, 0.4) is 0 Å². The molecule has 0 bridgehead atoms. The molecule has 0 amide bonds. The molecule has 0 aliphatic carbocycles. The number of furan rings is 1. The average molecular weight is 1110 g/mol. The first kappa shape index (κ1) is 44.7. The number of hydrogen-bond acceptors (Lipinski definition) is 4. The van der Waals surface area contributed by atoms with Crippen molar-refractivity contribution < 1.29 is 28.6 Å². The van der Waals surface area contributed by atoms with Gasteiger partial charge in [-0.15, -0.1) is 54.1 Å². The molecule has 3 heterocycles. The molecule has 0 unspecified atom stereocenters. The minimum absolute atomic E-state index is 0. The van der Waals surface area contributed by atoms with Gasteiger partial charge in [-0.25, -0.2) is 0 Å². The maximum absolute atomic E-state index is 7.61. The van der Waals surface area contributed by atoms with Crippen molar-refractivity contribution >= 4 is 67.8 Å². The van der Waals surface area contributed by atoms with Crippen LogP contribution in [0.15, 0.2) is 156 Å². The van der Waals surface area contributed by atoms with Crippen molar-refractivity contribution in [1.29, 1.82) is 0 Å². The Morgan fingerprint density at radius 2 is 1.34 bits per heavy atom. The normalized spacial score (nSPS) is 12.9. The molecule has 11 aromatic rings. The standard InChI is InChI=1S/C48H43N2OSi.C15H17N2.Ir/c1-29(2)38-25-34(31-14-9-8-10-15-31)26-39(30(3)4)46(38)50-44-19-12-11-18-43(44)49-48(50)37-17-13-16-36-42-24-33-21-20-32-22-23-35(52(5,6)7)27-40(32)41(33)28-45(42)51-47(36)37;1-11-10-16-14(12-8-6-5-7-9-12)17-13(11)15(2,3)4;/h8-16,18-30H,1-7H3;5-8,10H,1-4H3;/q2*-1;/i;1D3;. The molecule has 0 aliphatic heterocycles. The largest absolute Gasteiger partial charge is 0.501 e. The molecule has 0 spiro atoms. The first-order chi connectivity index (χ1) is 34.3. The molecule has 3 aromatic heterocycles. The Morgan fingerprint density at radius 1 is 0.657 bits per heavy atom. The van der Waals surface area contributed by atoms with Gasteiger partial charge in [0.1, 0.15) is 5.58 Å². The van der Waals surface area contributed by atoms with Gasteiger partial charge in [0.05, 0.1) is 36.3 Å². The van der Waals surface area contributed by atoms with Crippen molar-refractivity contribution in [1.82, 2.24) is 19.5 Å². The second-order valence-electron chi connectivity index (χ2n) is 20.9. The summed E-state index contributed by atoms with van der Waals surface area (Å²) in [6.45, 7) is 20.0. The van der Waals surface area contributed by atoms with Crippen molar-refractivity contribution in [3.05, 3.63) is 186 Å². The number of imidazole rings is 1.